The summed E-state index contributed by atoms with van der Waals surface area (Å²) in [5.41, 5.74) is 1.14. The standard InChI is InChI=1S/C16H13N3O4/c1-21-13-8-7-12(9-17-13)16(20)22-10-14-18-15(19-23-14)11-5-3-2-4-6-11/h2-9H,10H2,1H3. The van der Waals surface area contributed by atoms with Crippen LogP contribution in [0.5, 0.6) is 5.88 Å². The van der Waals surface area contributed by atoms with Gasteiger partial charge in [-0.2, -0.15) is 4.98 Å². The summed E-state index contributed by atoms with van der Waals surface area (Å²) in [5.74, 6) is 0.562. The molecule has 0 aliphatic heterocycles. The second-order valence-corrected chi connectivity index (χ2v) is 4.54. The number of nitrogens with zero attached hydrogens (tertiary/aromatic N) is 3. The summed E-state index contributed by atoms with van der Waals surface area (Å²) in [7, 11) is 1.50. The first-order chi connectivity index (χ1) is 11.3. The monoisotopic (exact) mass is 311 g/mol. The average Bonchev–Trinajstić information content (AvgIpc) is 3.09. The highest BCUT2D eigenvalue weighted by Crippen LogP contribution is 2.15. The van der Waals surface area contributed by atoms with Crippen molar-refractivity contribution in [3.05, 3.63) is 60.1 Å². The van der Waals surface area contributed by atoms with Crippen LogP contribution in [0.25, 0.3) is 11.4 Å². The van der Waals surface area contributed by atoms with E-state index in [0.29, 0.717) is 17.3 Å². The molecule has 7 nitrogen and oxygen atoms in total. The average molecular weight is 311 g/mol. The van der Waals surface area contributed by atoms with Crippen LogP contribution in [0.3, 0.4) is 0 Å². The van der Waals surface area contributed by atoms with Crippen molar-refractivity contribution in [1.82, 2.24) is 15.1 Å². The van der Waals surface area contributed by atoms with Crippen molar-refractivity contribution >= 4 is 5.97 Å². The lowest BCUT2D eigenvalue weighted by Gasteiger charge is -2.02. The highest BCUT2D eigenvalue weighted by molar-refractivity contribution is 5.89. The largest absolute Gasteiger partial charge is 0.481 e. The summed E-state index contributed by atoms with van der Waals surface area (Å²) >= 11 is 0. The molecule has 0 atom stereocenters. The van der Waals surface area contributed by atoms with E-state index >= 15 is 0 Å². The molecule has 3 aromatic rings. The number of carbonyl (C=O) groups excluding carboxylic acids is 1. The lowest BCUT2D eigenvalue weighted by Crippen LogP contribution is -2.06. The van der Waals surface area contributed by atoms with E-state index in [2.05, 4.69) is 15.1 Å². The molecule has 0 radical (unpaired) electrons. The molecule has 7 heteroatoms. The van der Waals surface area contributed by atoms with Crippen molar-refractivity contribution in [3.8, 4) is 17.3 Å². The number of hydrogen-bond acceptors (Lipinski definition) is 7. The number of esters is 1. The van der Waals surface area contributed by atoms with Gasteiger partial charge in [-0.15, -0.1) is 0 Å². The fourth-order valence-electron chi connectivity index (χ4n) is 1.85. The molecular formula is C16H13N3O4. The topological polar surface area (TPSA) is 87.3 Å². The van der Waals surface area contributed by atoms with Gasteiger partial charge in [-0.25, -0.2) is 9.78 Å². The molecule has 2 aromatic heterocycles. The number of carbonyl (C=O) groups is 1. The molecule has 3 rings (SSSR count). The first-order valence-electron chi connectivity index (χ1n) is 6.81. The van der Waals surface area contributed by atoms with E-state index in [1.165, 1.54) is 13.3 Å². The molecule has 0 fully saturated rings. The molecule has 116 valence electrons. The Hall–Kier alpha value is -3.22. The number of hydrogen-bond donors (Lipinski definition) is 0. The Kier molecular flexibility index (Phi) is 4.28. The van der Waals surface area contributed by atoms with E-state index in [1.807, 2.05) is 30.3 Å². The van der Waals surface area contributed by atoms with Gasteiger partial charge in [-0.3, -0.25) is 0 Å². The molecule has 0 saturated carbocycles. The van der Waals surface area contributed by atoms with Gasteiger partial charge >= 0.3 is 5.97 Å². The maximum Gasteiger partial charge on any atom is 0.340 e. The van der Waals surface area contributed by atoms with Crippen LogP contribution < -0.4 is 4.74 Å². The summed E-state index contributed by atoms with van der Waals surface area (Å²) < 4.78 is 15.1. The Morgan fingerprint density at radius 3 is 2.70 bits per heavy atom. The Morgan fingerprint density at radius 1 is 1.17 bits per heavy atom. The molecule has 0 saturated heterocycles. The van der Waals surface area contributed by atoms with Gasteiger partial charge in [-0.05, 0) is 6.07 Å². The lowest BCUT2D eigenvalue weighted by molar-refractivity contribution is 0.0429. The van der Waals surface area contributed by atoms with E-state index in [-0.39, 0.29) is 12.5 Å². The van der Waals surface area contributed by atoms with Gasteiger partial charge < -0.3 is 14.0 Å². The van der Waals surface area contributed by atoms with Gasteiger partial charge in [0.25, 0.3) is 5.89 Å². The van der Waals surface area contributed by atoms with Crippen LogP contribution in [0.1, 0.15) is 16.2 Å². The fraction of sp³-hybridized carbons (Fsp3) is 0.125. The molecule has 0 amide bonds. The number of ether oxygens (including phenoxy) is 2. The number of pyridine rings is 1. The van der Waals surface area contributed by atoms with Crippen molar-refractivity contribution < 1.29 is 18.8 Å². The minimum atomic E-state index is -0.528. The van der Waals surface area contributed by atoms with Gasteiger partial charge in [-0.1, -0.05) is 35.5 Å². The predicted octanol–water partition coefficient (Wildman–Crippen LogP) is 2.50. The maximum atomic E-state index is 11.9. The Morgan fingerprint density at radius 2 is 2.00 bits per heavy atom. The number of methoxy groups -OCH3 is 1. The molecule has 0 unspecified atom stereocenters. The fourth-order valence-corrected chi connectivity index (χ4v) is 1.85. The zero-order chi connectivity index (χ0) is 16.1. The van der Waals surface area contributed by atoms with Crippen LogP contribution in [-0.2, 0) is 11.3 Å². The van der Waals surface area contributed by atoms with Gasteiger partial charge in [0.05, 0.1) is 12.7 Å². The van der Waals surface area contributed by atoms with Gasteiger partial charge in [0.15, 0.2) is 6.61 Å². The summed E-state index contributed by atoms with van der Waals surface area (Å²) in [5, 5.41) is 3.85. The summed E-state index contributed by atoms with van der Waals surface area (Å²) in [6.45, 7) is -0.106. The molecule has 0 N–H and O–H groups in total. The maximum absolute atomic E-state index is 11.9. The van der Waals surface area contributed by atoms with Crippen molar-refractivity contribution in [1.29, 1.82) is 0 Å². The van der Waals surface area contributed by atoms with E-state index in [0.717, 1.165) is 5.56 Å². The first kappa shape index (κ1) is 14.7. The predicted molar refractivity (Wildman–Crippen MR) is 79.6 cm³/mol. The summed E-state index contributed by atoms with van der Waals surface area (Å²) in [6.07, 6.45) is 1.38. The number of aromatic nitrogens is 3. The van der Waals surface area contributed by atoms with E-state index in [1.54, 1.807) is 12.1 Å². The third kappa shape index (κ3) is 3.52. The van der Waals surface area contributed by atoms with Gasteiger partial charge in [0.1, 0.15) is 0 Å². The Bertz CT molecular complexity index is 785. The Labute approximate surface area is 131 Å². The van der Waals surface area contributed by atoms with E-state index < -0.39 is 5.97 Å². The normalized spacial score (nSPS) is 10.3. The minimum absolute atomic E-state index is 0.106. The highest BCUT2D eigenvalue weighted by Gasteiger charge is 2.12. The quantitative estimate of drug-likeness (QED) is 0.669. The van der Waals surface area contributed by atoms with Crippen molar-refractivity contribution in [3.63, 3.8) is 0 Å². The molecule has 0 aliphatic carbocycles. The van der Waals surface area contributed by atoms with Gasteiger partial charge in [0, 0.05) is 17.8 Å². The third-order valence-electron chi connectivity index (χ3n) is 3.01. The van der Waals surface area contributed by atoms with Gasteiger partial charge in [0.2, 0.25) is 11.7 Å². The van der Waals surface area contributed by atoms with E-state index in [4.69, 9.17) is 14.0 Å². The van der Waals surface area contributed by atoms with Crippen molar-refractivity contribution in [2.24, 2.45) is 0 Å². The van der Waals surface area contributed by atoms with E-state index in [9.17, 15) is 4.79 Å². The highest BCUT2D eigenvalue weighted by atomic mass is 16.6. The summed E-state index contributed by atoms with van der Waals surface area (Å²) in [4.78, 5) is 20.0. The lowest BCUT2D eigenvalue weighted by atomic mass is 10.2. The summed E-state index contributed by atoms with van der Waals surface area (Å²) in [6, 6.07) is 12.5. The number of benzene rings is 1. The van der Waals surface area contributed by atoms with Crippen LogP contribution in [0.2, 0.25) is 0 Å². The Balaban J connectivity index is 1.62. The van der Waals surface area contributed by atoms with Crippen molar-refractivity contribution in [2.75, 3.05) is 7.11 Å². The second kappa shape index (κ2) is 6.69. The molecule has 0 bridgehead atoms. The zero-order valence-electron chi connectivity index (χ0n) is 12.3. The van der Waals surface area contributed by atoms with Crippen molar-refractivity contribution in [2.45, 2.75) is 6.61 Å². The molecular weight excluding hydrogens is 298 g/mol. The minimum Gasteiger partial charge on any atom is -0.481 e. The molecule has 0 aliphatic rings. The van der Waals surface area contributed by atoms with Crippen LogP contribution >= 0.6 is 0 Å². The van der Waals surface area contributed by atoms with Crippen LogP contribution in [0.4, 0.5) is 0 Å². The van der Waals surface area contributed by atoms with Crippen LogP contribution in [0.15, 0.2) is 53.2 Å². The first-order valence-corrected chi connectivity index (χ1v) is 6.81. The van der Waals surface area contributed by atoms with Crippen LogP contribution in [-0.4, -0.2) is 28.2 Å². The molecule has 23 heavy (non-hydrogen) atoms. The molecule has 2 heterocycles. The van der Waals surface area contributed by atoms with Crippen LogP contribution in [0, 0.1) is 0 Å². The SMILES string of the molecule is COc1ccc(C(=O)OCc2nc(-c3ccccc3)no2)cn1. The third-order valence-corrected chi connectivity index (χ3v) is 3.01. The molecule has 1 aromatic carbocycles. The molecule has 0 spiro atoms. The number of rotatable bonds is 5. The smallest absolute Gasteiger partial charge is 0.340 e. The zero-order valence-corrected chi connectivity index (χ0v) is 12.3. The second-order valence-electron chi connectivity index (χ2n) is 4.54.